The highest BCUT2D eigenvalue weighted by Crippen LogP contribution is 2.22. The Labute approximate surface area is 134 Å². The molecule has 3 aromatic rings. The molecule has 22 heavy (non-hydrogen) atoms. The summed E-state index contributed by atoms with van der Waals surface area (Å²) in [5.74, 6) is -0.0384. The molecule has 1 aromatic heterocycles. The molecule has 3 rings (SSSR count). The maximum absolute atomic E-state index is 12.4. The van der Waals surface area contributed by atoms with Gasteiger partial charge in [-0.05, 0) is 24.1 Å². The molecule has 0 bridgehead atoms. The number of benzene rings is 2. The van der Waals surface area contributed by atoms with E-state index in [0.717, 1.165) is 27.2 Å². The van der Waals surface area contributed by atoms with Gasteiger partial charge in [0, 0.05) is 0 Å². The van der Waals surface area contributed by atoms with Gasteiger partial charge in [-0.3, -0.25) is 4.79 Å². The Morgan fingerprint density at radius 2 is 1.86 bits per heavy atom. The van der Waals surface area contributed by atoms with Gasteiger partial charge in [-0.1, -0.05) is 49.4 Å². The molecule has 0 aliphatic carbocycles. The summed E-state index contributed by atoms with van der Waals surface area (Å²) in [4.78, 5) is 17.0. The summed E-state index contributed by atoms with van der Waals surface area (Å²) < 4.78 is 1.15. The second kappa shape index (κ2) is 6.71. The van der Waals surface area contributed by atoms with E-state index in [4.69, 9.17) is 0 Å². The summed E-state index contributed by atoms with van der Waals surface area (Å²) in [5, 5.41) is 3.96. The number of hydrogen-bond acceptors (Lipinski definition) is 3. The molecular weight excluding hydrogens is 292 g/mol. The molecule has 1 heterocycles. The molecule has 0 aliphatic rings. The number of carbonyl (C=O) groups is 1. The first kappa shape index (κ1) is 14.7. The maximum Gasteiger partial charge on any atom is 0.227 e. The normalized spacial score (nSPS) is 12.2. The van der Waals surface area contributed by atoms with E-state index in [9.17, 15) is 4.79 Å². The number of amides is 1. The maximum atomic E-state index is 12.4. The van der Waals surface area contributed by atoms with E-state index in [-0.39, 0.29) is 11.8 Å². The molecule has 4 heteroatoms. The summed E-state index contributed by atoms with van der Waals surface area (Å²) in [6.07, 6.45) is 0.787. The first-order valence-electron chi connectivity index (χ1n) is 7.45. The van der Waals surface area contributed by atoms with Crippen molar-refractivity contribution in [2.45, 2.75) is 25.8 Å². The van der Waals surface area contributed by atoms with Gasteiger partial charge in [0.05, 0.1) is 22.7 Å². The average Bonchev–Trinajstić information content (AvgIpc) is 2.97. The van der Waals surface area contributed by atoms with Gasteiger partial charge < -0.3 is 5.32 Å². The van der Waals surface area contributed by atoms with Crippen LogP contribution in [0.25, 0.3) is 10.2 Å². The van der Waals surface area contributed by atoms with Crippen LogP contribution in [0.5, 0.6) is 0 Å². The molecule has 1 unspecified atom stereocenters. The standard InChI is InChI=1S/C18H18N2OS/c1-2-14(13-8-4-3-5-9-13)18(21)19-12-17-20-15-10-6-7-11-16(15)22-17/h3-11,14H,2,12H2,1H3,(H,19,21). The molecule has 1 amide bonds. The Hall–Kier alpha value is -2.20. The largest absolute Gasteiger partial charge is 0.349 e. The predicted molar refractivity (Wildman–Crippen MR) is 90.9 cm³/mol. The lowest BCUT2D eigenvalue weighted by atomic mass is 9.96. The number of rotatable bonds is 5. The monoisotopic (exact) mass is 310 g/mol. The van der Waals surface area contributed by atoms with E-state index in [0.29, 0.717) is 6.54 Å². The fourth-order valence-corrected chi connectivity index (χ4v) is 3.45. The molecule has 2 aromatic carbocycles. The van der Waals surface area contributed by atoms with E-state index in [1.165, 1.54) is 0 Å². The minimum absolute atomic E-state index is 0.0629. The van der Waals surface area contributed by atoms with Crippen LogP contribution in [-0.2, 0) is 11.3 Å². The van der Waals surface area contributed by atoms with Crippen LogP contribution in [0.4, 0.5) is 0 Å². The van der Waals surface area contributed by atoms with Crippen LogP contribution in [0.2, 0.25) is 0 Å². The van der Waals surface area contributed by atoms with E-state index >= 15 is 0 Å². The first-order valence-corrected chi connectivity index (χ1v) is 8.26. The molecule has 0 aliphatic heterocycles. The Kier molecular flexibility index (Phi) is 4.49. The van der Waals surface area contributed by atoms with Gasteiger partial charge in [-0.15, -0.1) is 11.3 Å². The highest BCUT2D eigenvalue weighted by atomic mass is 32.1. The second-order valence-corrected chi connectivity index (χ2v) is 6.28. The van der Waals surface area contributed by atoms with Gasteiger partial charge in [-0.25, -0.2) is 4.98 Å². The van der Waals surface area contributed by atoms with Gasteiger partial charge in [0.2, 0.25) is 5.91 Å². The lowest BCUT2D eigenvalue weighted by molar-refractivity contribution is -0.122. The summed E-state index contributed by atoms with van der Waals surface area (Å²) in [5.41, 5.74) is 2.05. The number of fused-ring (bicyclic) bond motifs is 1. The quantitative estimate of drug-likeness (QED) is 0.770. The summed E-state index contributed by atoms with van der Waals surface area (Å²) in [7, 11) is 0. The minimum atomic E-state index is -0.101. The number of para-hydroxylation sites is 1. The van der Waals surface area contributed by atoms with Crippen molar-refractivity contribution in [2.75, 3.05) is 0 Å². The van der Waals surface area contributed by atoms with Crippen LogP contribution in [-0.4, -0.2) is 10.9 Å². The highest BCUT2D eigenvalue weighted by Gasteiger charge is 2.18. The number of nitrogens with one attached hydrogen (secondary N) is 1. The Morgan fingerprint density at radius 1 is 1.14 bits per heavy atom. The highest BCUT2D eigenvalue weighted by molar-refractivity contribution is 7.18. The zero-order valence-electron chi connectivity index (χ0n) is 12.5. The van der Waals surface area contributed by atoms with E-state index in [1.807, 2.05) is 55.5 Å². The van der Waals surface area contributed by atoms with Crippen LogP contribution >= 0.6 is 11.3 Å². The van der Waals surface area contributed by atoms with Crippen LogP contribution in [0.1, 0.15) is 29.8 Å². The third-order valence-corrected chi connectivity index (χ3v) is 4.72. The van der Waals surface area contributed by atoms with Crippen LogP contribution in [0.15, 0.2) is 54.6 Å². The number of aromatic nitrogens is 1. The van der Waals surface area contributed by atoms with Crippen molar-refractivity contribution >= 4 is 27.5 Å². The van der Waals surface area contributed by atoms with Gasteiger partial charge >= 0.3 is 0 Å². The zero-order valence-corrected chi connectivity index (χ0v) is 13.3. The van der Waals surface area contributed by atoms with Crippen LogP contribution in [0.3, 0.4) is 0 Å². The number of carbonyl (C=O) groups excluding carboxylic acids is 1. The van der Waals surface area contributed by atoms with Gasteiger partial charge in [0.1, 0.15) is 5.01 Å². The van der Waals surface area contributed by atoms with Crippen molar-refractivity contribution in [3.05, 3.63) is 65.2 Å². The van der Waals surface area contributed by atoms with Crippen molar-refractivity contribution in [3.8, 4) is 0 Å². The first-order chi connectivity index (χ1) is 10.8. The molecule has 1 N–H and O–H groups in total. The molecule has 0 radical (unpaired) electrons. The molecule has 0 saturated carbocycles. The molecular formula is C18H18N2OS. The number of nitrogens with zero attached hydrogens (tertiary/aromatic N) is 1. The molecule has 0 saturated heterocycles. The average molecular weight is 310 g/mol. The molecule has 0 spiro atoms. The summed E-state index contributed by atoms with van der Waals surface area (Å²) in [6, 6.07) is 18.0. The fourth-order valence-electron chi connectivity index (χ4n) is 2.54. The zero-order chi connectivity index (χ0) is 15.4. The summed E-state index contributed by atoms with van der Waals surface area (Å²) in [6.45, 7) is 2.52. The predicted octanol–water partition coefficient (Wildman–Crippen LogP) is 4.11. The third-order valence-electron chi connectivity index (χ3n) is 3.68. The summed E-state index contributed by atoms with van der Waals surface area (Å²) >= 11 is 1.63. The van der Waals surface area contributed by atoms with Crippen molar-refractivity contribution in [2.24, 2.45) is 0 Å². The third kappa shape index (κ3) is 3.17. The van der Waals surface area contributed by atoms with Crippen LogP contribution in [0, 0.1) is 0 Å². The SMILES string of the molecule is CCC(C(=O)NCc1nc2ccccc2s1)c1ccccc1. The van der Waals surface area contributed by atoms with E-state index in [1.54, 1.807) is 11.3 Å². The Balaban J connectivity index is 1.68. The van der Waals surface area contributed by atoms with Crippen LogP contribution < -0.4 is 5.32 Å². The van der Waals surface area contributed by atoms with Crippen molar-refractivity contribution < 1.29 is 4.79 Å². The smallest absolute Gasteiger partial charge is 0.227 e. The van der Waals surface area contributed by atoms with Crippen molar-refractivity contribution in [3.63, 3.8) is 0 Å². The number of thiazole rings is 1. The Bertz CT molecular complexity index is 734. The fraction of sp³-hybridized carbons (Fsp3) is 0.222. The lowest BCUT2D eigenvalue weighted by Crippen LogP contribution is -2.28. The minimum Gasteiger partial charge on any atom is -0.349 e. The molecule has 3 nitrogen and oxygen atoms in total. The van der Waals surface area contributed by atoms with Gasteiger partial charge in [0.15, 0.2) is 0 Å². The van der Waals surface area contributed by atoms with E-state index in [2.05, 4.69) is 16.4 Å². The van der Waals surface area contributed by atoms with Crippen molar-refractivity contribution in [1.29, 1.82) is 0 Å². The molecule has 1 atom stereocenters. The lowest BCUT2D eigenvalue weighted by Gasteiger charge is -2.14. The Morgan fingerprint density at radius 3 is 2.59 bits per heavy atom. The van der Waals surface area contributed by atoms with Gasteiger partial charge in [-0.2, -0.15) is 0 Å². The molecule has 0 fully saturated rings. The van der Waals surface area contributed by atoms with E-state index < -0.39 is 0 Å². The van der Waals surface area contributed by atoms with Crippen molar-refractivity contribution in [1.82, 2.24) is 10.3 Å². The molecule has 112 valence electrons. The topological polar surface area (TPSA) is 42.0 Å². The second-order valence-electron chi connectivity index (χ2n) is 5.16. The van der Waals surface area contributed by atoms with Gasteiger partial charge in [0.25, 0.3) is 0 Å². The number of hydrogen-bond donors (Lipinski definition) is 1.